The molecular weight excluding hydrogens is 490 g/mol. The highest BCUT2D eigenvalue weighted by Crippen LogP contribution is 2.52. The number of methoxy groups -OCH3 is 1. The molecule has 2 heterocycles. The number of imide groups is 1. The minimum absolute atomic E-state index is 0.139. The number of amides is 2. The molecule has 2 aliphatic rings. The van der Waals surface area contributed by atoms with Crippen molar-refractivity contribution in [3.8, 4) is 5.75 Å². The highest BCUT2D eigenvalue weighted by molar-refractivity contribution is 6.24. The number of carboxylic acids is 1. The lowest BCUT2D eigenvalue weighted by molar-refractivity contribution is -0.384. The van der Waals surface area contributed by atoms with E-state index in [1.807, 2.05) is 0 Å². The summed E-state index contributed by atoms with van der Waals surface area (Å²) in [6, 6.07) is 18.6. The molecule has 0 bridgehead atoms. The van der Waals surface area contributed by atoms with Crippen molar-refractivity contribution in [1.29, 1.82) is 0 Å². The Morgan fingerprint density at radius 2 is 1.71 bits per heavy atom. The highest BCUT2D eigenvalue weighted by Gasteiger charge is 2.69. The van der Waals surface area contributed by atoms with Crippen molar-refractivity contribution < 1.29 is 29.2 Å². The number of ether oxygens (including phenoxy) is 1. The number of para-hydroxylation sites is 2. The van der Waals surface area contributed by atoms with E-state index < -0.39 is 46.1 Å². The number of benzene rings is 3. The van der Waals surface area contributed by atoms with Gasteiger partial charge in [-0.1, -0.05) is 48.5 Å². The van der Waals surface area contributed by atoms with Crippen molar-refractivity contribution in [2.75, 3.05) is 12.0 Å². The molecular formula is C28H25N3O7. The van der Waals surface area contributed by atoms with Crippen molar-refractivity contribution in [3.63, 3.8) is 0 Å². The number of rotatable bonds is 7. The number of carboxylic acid groups (broad SMARTS) is 1. The molecule has 3 aromatic carbocycles. The normalized spacial score (nSPS) is 24.4. The van der Waals surface area contributed by atoms with Crippen LogP contribution in [0, 0.1) is 28.9 Å². The van der Waals surface area contributed by atoms with Crippen LogP contribution in [0.25, 0.3) is 0 Å². The largest absolute Gasteiger partial charge is 0.496 e. The number of aryl methyl sites for hydroxylation is 1. The van der Waals surface area contributed by atoms with E-state index >= 15 is 0 Å². The average molecular weight is 516 g/mol. The number of anilines is 1. The molecule has 4 unspecified atom stereocenters. The number of aliphatic carboxylic acids is 1. The van der Waals surface area contributed by atoms with E-state index in [0.717, 1.165) is 4.90 Å². The van der Waals surface area contributed by atoms with Crippen LogP contribution in [0.1, 0.15) is 22.7 Å². The molecule has 0 radical (unpaired) electrons. The van der Waals surface area contributed by atoms with Gasteiger partial charge < -0.3 is 9.84 Å². The van der Waals surface area contributed by atoms with Gasteiger partial charge >= 0.3 is 5.97 Å². The van der Waals surface area contributed by atoms with E-state index in [0.29, 0.717) is 28.1 Å². The lowest BCUT2D eigenvalue weighted by Crippen LogP contribution is -2.57. The molecule has 4 atom stereocenters. The zero-order chi connectivity index (χ0) is 27.2. The average Bonchev–Trinajstić information content (AvgIpc) is 3.38. The van der Waals surface area contributed by atoms with Crippen LogP contribution in [0.2, 0.25) is 0 Å². The molecule has 3 aromatic rings. The number of nitro groups is 1. The molecule has 0 aromatic heterocycles. The standard InChI is InChI=1S/C28H25N3O7/c1-16-7-3-5-9-20(16)30-25(32)22-23(26(30)33)28(27(34)35,15-17-11-13-18(14-12-17)31(36)37)29-24(22)19-8-4-6-10-21(19)38-2/h3-14,22-24,29H,15H2,1-2H3,(H,34,35). The smallest absolute Gasteiger partial charge is 0.325 e. The highest BCUT2D eigenvalue weighted by atomic mass is 16.6. The van der Waals surface area contributed by atoms with Crippen molar-refractivity contribution in [2.45, 2.75) is 24.9 Å². The number of nitrogens with zero attached hydrogens (tertiary/aromatic N) is 2. The summed E-state index contributed by atoms with van der Waals surface area (Å²) >= 11 is 0. The Bertz CT molecular complexity index is 1450. The maximum Gasteiger partial charge on any atom is 0.325 e. The van der Waals surface area contributed by atoms with E-state index in [1.165, 1.54) is 31.4 Å². The summed E-state index contributed by atoms with van der Waals surface area (Å²) < 4.78 is 5.52. The fraction of sp³-hybridized carbons (Fsp3) is 0.250. The van der Waals surface area contributed by atoms with Crippen LogP contribution in [-0.4, -0.2) is 40.5 Å². The molecule has 0 saturated carbocycles. The third kappa shape index (κ3) is 3.81. The molecule has 0 aliphatic carbocycles. The van der Waals surface area contributed by atoms with Crippen LogP contribution >= 0.6 is 0 Å². The monoisotopic (exact) mass is 515 g/mol. The van der Waals surface area contributed by atoms with Crippen LogP contribution in [0.15, 0.2) is 72.8 Å². The van der Waals surface area contributed by atoms with Gasteiger partial charge in [0.25, 0.3) is 5.69 Å². The Kier molecular flexibility index (Phi) is 6.20. The van der Waals surface area contributed by atoms with Gasteiger partial charge in [0.1, 0.15) is 11.3 Å². The Morgan fingerprint density at radius 1 is 1.05 bits per heavy atom. The molecule has 2 N–H and O–H groups in total. The number of hydrogen-bond acceptors (Lipinski definition) is 7. The van der Waals surface area contributed by atoms with E-state index in [-0.39, 0.29) is 12.1 Å². The Balaban J connectivity index is 1.67. The quantitative estimate of drug-likeness (QED) is 0.277. The molecule has 5 rings (SSSR count). The zero-order valence-electron chi connectivity index (χ0n) is 20.7. The van der Waals surface area contributed by atoms with Crippen molar-refractivity contribution in [2.24, 2.45) is 11.8 Å². The molecule has 194 valence electrons. The van der Waals surface area contributed by atoms with Crippen molar-refractivity contribution in [1.82, 2.24) is 5.32 Å². The number of fused-ring (bicyclic) bond motifs is 1. The first kappa shape index (κ1) is 25.1. The fourth-order valence-corrected chi connectivity index (χ4v) is 5.74. The zero-order valence-corrected chi connectivity index (χ0v) is 20.7. The molecule has 2 fully saturated rings. The van der Waals surface area contributed by atoms with Crippen molar-refractivity contribution >= 4 is 29.2 Å². The first-order chi connectivity index (χ1) is 18.2. The number of hydrogen-bond donors (Lipinski definition) is 2. The van der Waals surface area contributed by atoms with Crippen LogP contribution in [-0.2, 0) is 20.8 Å². The summed E-state index contributed by atoms with van der Waals surface area (Å²) in [6.45, 7) is 1.78. The Morgan fingerprint density at radius 3 is 2.34 bits per heavy atom. The van der Waals surface area contributed by atoms with Crippen LogP contribution in [0.4, 0.5) is 11.4 Å². The summed E-state index contributed by atoms with van der Waals surface area (Å²) in [6.07, 6.45) is -0.173. The minimum Gasteiger partial charge on any atom is -0.496 e. The molecule has 10 heteroatoms. The van der Waals surface area contributed by atoms with Gasteiger partial charge in [0.2, 0.25) is 11.8 Å². The second-order valence-corrected chi connectivity index (χ2v) is 9.54. The summed E-state index contributed by atoms with van der Waals surface area (Å²) in [5, 5.41) is 24.9. The molecule has 2 aliphatic heterocycles. The van der Waals surface area contributed by atoms with E-state index in [2.05, 4.69) is 5.32 Å². The molecule has 38 heavy (non-hydrogen) atoms. The Hall–Kier alpha value is -4.57. The van der Waals surface area contributed by atoms with Gasteiger partial charge in [-0.15, -0.1) is 0 Å². The first-order valence-corrected chi connectivity index (χ1v) is 12.0. The van der Waals surface area contributed by atoms with Crippen molar-refractivity contribution in [3.05, 3.63) is 99.6 Å². The number of nitro benzene ring substituents is 1. The molecule has 2 amide bonds. The second kappa shape index (κ2) is 9.38. The van der Waals surface area contributed by atoms with Gasteiger partial charge in [-0.05, 0) is 30.2 Å². The van der Waals surface area contributed by atoms with Gasteiger partial charge in [-0.25, -0.2) is 4.90 Å². The van der Waals surface area contributed by atoms with Gasteiger partial charge in [0.15, 0.2) is 0 Å². The summed E-state index contributed by atoms with van der Waals surface area (Å²) in [5.41, 5.74) is 0.137. The SMILES string of the molecule is COc1ccccc1C1NC(Cc2ccc([N+](=O)[O-])cc2)(C(=O)O)C2C(=O)N(c3ccccc3C)C(=O)C12. The van der Waals surface area contributed by atoms with Crippen LogP contribution in [0.3, 0.4) is 0 Å². The number of carbonyl (C=O) groups is 3. The maximum atomic E-state index is 14.0. The van der Waals surface area contributed by atoms with Gasteiger partial charge in [0, 0.05) is 30.2 Å². The number of carbonyl (C=O) groups excluding carboxylic acids is 2. The van der Waals surface area contributed by atoms with E-state index in [9.17, 15) is 29.6 Å². The van der Waals surface area contributed by atoms with Crippen LogP contribution in [0.5, 0.6) is 5.75 Å². The maximum absolute atomic E-state index is 14.0. The number of nitrogens with one attached hydrogen (secondary N) is 1. The lowest BCUT2D eigenvalue weighted by atomic mass is 9.76. The summed E-state index contributed by atoms with van der Waals surface area (Å²) in [7, 11) is 1.48. The second-order valence-electron chi connectivity index (χ2n) is 9.54. The summed E-state index contributed by atoms with van der Waals surface area (Å²) in [4.78, 5) is 52.7. The topological polar surface area (TPSA) is 139 Å². The molecule has 2 saturated heterocycles. The van der Waals surface area contributed by atoms with E-state index in [1.54, 1.807) is 55.5 Å². The van der Waals surface area contributed by atoms with Gasteiger partial charge in [-0.3, -0.25) is 29.8 Å². The van der Waals surface area contributed by atoms with Gasteiger partial charge in [-0.2, -0.15) is 0 Å². The molecule has 10 nitrogen and oxygen atoms in total. The predicted octanol–water partition coefficient (Wildman–Crippen LogP) is 3.43. The first-order valence-electron chi connectivity index (χ1n) is 12.0. The summed E-state index contributed by atoms with van der Waals surface area (Å²) in [5.74, 6) is -4.20. The van der Waals surface area contributed by atoms with E-state index in [4.69, 9.17) is 4.74 Å². The lowest BCUT2D eigenvalue weighted by Gasteiger charge is -2.31. The third-order valence-corrected chi connectivity index (χ3v) is 7.50. The minimum atomic E-state index is -1.86. The molecule has 0 spiro atoms. The van der Waals surface area contributed by atoms with Crippen LogP contribution < -0.4 is 15.0 Å². The predicted molar refractivity (Wildman–Crippen MR) is 137 cm³/mol. The third-order valence-electron chi connectivity index (χ3n) is 7.50. The Labute approximate surface area is 218 Å². The van der Waals surface area contributed by atoms with Gasteiger partial charge in [0.05, 0.1) is 29.6 Å². The fourth-order valence-electron chi connectivity index (χ4n) is 5.74. The number of non-ortho nitro benzene ring substituents is 1.